The van der Waals surface area contributed by atoms with Crippen molar-refractivity contribution >= 4 is 22.5 Å². The molecule has 0 atom stereocenters. The van der Waals surface area contributed by atoms with E-state index < -0.39 is 0 Å². The quantitative estimate of drug-likeness (QED) is 0.566. The van der Waals surface area contributed by atoms with Crippen LogP contribution in [-0.2, 0) is 0 Å². The zero-order chi connectivity index (χ0) is 15.3. The van der Waals surface area contributed by atoms with E-state index in [4.69, 9.17) is 15.4 Å². The Balaban J connectivity index is 2.20. The van der Waals surface area contributed by atoms with E-state index in [1.807, 2.05) is 25.1 Å². The fourth-order valence-corrected chi connectivity index (χ4v) is 2.41. The van der Waals surface area contributed by atoms with Gasteiger partial charge in [-0.25, -0.2) is 4.98 Å². The highest BCUT2D eigenvalue weighted by Gasteiger charge is 2.19. The molecule has 4 rings (SSSR count). The number of nitrogens with zero attached hydrogens (tertiary/aromatic N) is 6. The predicted molar refractivity (Wildman–Crippen MR) is 77.6 cm³/mol. The third kappa shape index (κ3) is 1.56. The zero-order valence-corrected chi connectivity index (χ0v) is 11.5. The first kappa shape index (κ1) is 12.3. The Kier molecular flexibility index (Phi) is 2.38. The highest BCUT2D eigenvalue weighted by molar-refractivity contribution is 6.01. The smallest absolute Gasteiger partial charge is 0.205 e. The van der Waals surface area contributed by atoms with Gasteiger partial charge in [0.15, 0.2) is 17.1 Å². The number of hydrogen-bond donors (Lipinski definition) is 1. The van der Waals surface area contributed by atoms with E-state index in [0.717, 1.165) is 11.3 Å². The van der Waals surface area contributed by atoms with Crippen molar-refractivity contribution in [2.24, 2.45) is 0 Å². The normalized spacial score (nSPS) is 11.1. The summed E-state index contributed by atoms with van der Waals surface area (Å²) in [6.45, 7) is 1.87. The average molecular weight is 291 g/mol. The predicted octanol–water partition coefficient (Wildman–Crippen LogP) is 1.69. The van der Waals surface area contributed by atoms with Gasteiger partial charge >= 0.3 is 0 Å². The number of hydrogen-bond acceptors (Lipinski definition) is 7. The molecule has 0 fully saturated rings. The Morgan fingerprint density at radius 2 is 2.23 bits per heavy atom. The van der Waals surface area contributed by atoms with Crippen LogP contribution < -0.4 is 5.73 Å². The Morgan fingerprint density at radius 1 is 1.36 bits per heavy atom. The van der Waals surface area contributed by atoms with E-state index in [-0.39, 0.29) is 11.5 Å². The molecule has 0 amide bonds. The van der Waals surface area contributed by atoms with E-state index in [9.17, 15) is 0 Å². The molecule has 0 aliphatic rings. The number of nitrogens with two attached hydrogens (primary N) is 1. The summed E-state index contributed by atoms with van der Waals surface area (Å²) in [6.07, 6.45) is 1.59. The van der Waals surface area contributed by atoms with Crippen LogP contribution in [0.3, 0.4) is 0 Å². The van der Waals surface area contributed by atoms with Gasteiger partial charge in [0.1, 0.15) is 11.8 Å². The molecule has 0 aromatic carbocycles. The van der Waals surface area contributed by atoms with Crippen LogP contribution in [0.25, 0.3) is 28.0 Å². The number of rotatable bonds is 1. The topological polar surface area (TPSA) is 119 Å². The summed E-state index contributed by atoms with van der Waals surface area (Å²) in [5.41, 5.74) is 8.45. The third-order valence-electron chi connectivity index (χ3n) is 3.36. The van der Waals surface area contributed by atoms with Crippen LogP contribution in [0, 0.1) is 18.3 Å². The van der Waals surface area contributed by atoms with Gasteiger partial charge in [0.25, 0.3) is 0 Å². The van der Waals surface area contributed by atoms with Crippen molar-refractivity contribution < 1.29 is 4.42 Å². The number of aryl methyl sites for hydroxylation is 1. The van der Waals surface area contributed by atoms with Crippen LogP contribution in [0.15, 0.2) is 28.9 Å². The second kappa shape index (κ2) is 4.26. The number of aromatic nitrogens is 5. The summed E-state index contributed by atoms with van der Waals surface area (Å²) < 4.78 is 6.86. The maximum absolute atomic E-state index is 9.00. The molecule has 2 N–H and O–H groups in total. The van der Waals surface area contributed by atoms with Gasteiger partial charge < -0.3 is 10.2 Å². The maximum atomic E-state index is 9.00. The summed E-state index contributed by atoms with van der Waals surface area (Å²) in [5.74, 6) is 0.809. The van der Waals surface area contributed by atoms with Crippen LogP contribution in [0.2, 0.25) is 0 Å². The summed E-state index contributed by atoms with van der Waals surface area (Å²) in [4.78, 5) is 4.40. The van der Waals surface area contributed by atoms with E-state index in [0.29, 0.717) is 22.4 Å². The summed E-state index contributed by atoms with van der Waals surface area (Å²) >= 11 is 0. The SMILES string of the molecule is Cc1cc(-c2ccco2)c2c(n1)nn1c(N)c(C#N)nnc21. The van der Waals surface area contributed by atoms with Gasteiger partial charge in [0.05, 0.1) is 11.6 Å². The molecule has 0 bridgehead atoms. The van der Waals surface area contributed by atoms with E-state index in [1.165, 1.54) is 4.52 Å². The number of nitrogen functional groups attached to an aromatic ring is 1. The van der Waals surface area contributed by atoms with Crippen LogP contribution in [0.1, 0.15) is 11.4 Å². The molecular weight excluding hydrogens is 282 g/mol. The van der Waals surface area contributed by atoms with E-state index >= 15 is 0 Å². The maximum Gasteiger partial charge on any atom is 0.205 e. The lowest BCUT2D eigenvalue weighted by Crippen LogP contribution is -2.05. The van der Waals surface area contributed by atoms with Gasteiger partial charge in [-0.2, -0.15) is 9.78 Å². The Labute approximate surface area is 123 Å². The monoisotopic (exact) mass is 291 g/mol. The minimum Gasteiger partial charge on any atom is -0.464 e. The largest absolute Gasteiger partial charge is 0.464 e. The Bertz CT molecular complexity index is 1060. The molecule has 0 saturated carbocycles. The Morgan fingerprint density at radius 3 is 2.95 bits per heavy atom. The van der Waals surface area contributed by atoms with Crippen LogP contribution in [-0.4, -0.2) is 24.8 Å². The van der Waals surface area contributed by atoms with Crippen LogP contribution in [0.5, 0.6) is 0 Å². The number of pyridine rings is 1. The second-order valence-electron chi connectivity index (χ2n) is 4.77. The number of fused-ring (bicyclic) bond motifs is 3. The summed E-state index contributed by atoms with van der Waals surface area (Å²) in [6, 6.07) is 7.42. The van der Waals surface area contributed by atoms with E-state index in [2.05, 4.69) is 20.3 Å². The fourth-order valence-electron chi connectivity index (χ4n) is 2.41. The summed E-state index contributed by atoms with van der Waals surface area (Å²) in [7, 11) is 0. The first-order chi connectivity index (χ1) is 10.7. The molecule has 22 heavy (non-hydrogen) atoms. The average Bonchev–Trinajstić information content (AvgIpc) is 3.14. The first-order valence-electron chi connectivity index (χ1n) is 6.45. The van der Waals surface area contributed by atoms with Crippen molar-refractivity contribution in [3.8, 4) is 17.4 Å². The highest BCUT2D eigenvalue weighted by Crippen LogP contribution is 2.31. The van der Waals surface area contributed by atoms with Gasteiger partial charge in [-0.15, -0.1) is 15.3 Å². The molecule has 0 aliphatic heterocycles. The first-order valence-corrected chi connectivity index (χ1v) is 6.45. The van der Waals surface area contributed by atoms with Crippen LogP contribution >= 0.6 is 0 Å². The van der Waals surface area contributed by atoms with Crippen molar-refractivity contribution in [2.75, 3.05) is 5.73 Å². The highest BCUT2D eigenvalue weighted by atomic mass is 16.3. The second-order valence-corrected chi connectivity index (χ2v) is 4.77. The van der Waals surface area contributed by atoms with Crippen molar-refractivity contribution in [2.45, 2.75) is 6.92 Å². The van der Waals surface area contributed by atoms with Crippen LogP contribution in [0.4, 0.5) is 5.82 Å². The van der Waals surface area contributed by atoms with Gasteiger partial charge in [-0.1, -0.05) is 0 Å². The standard InChI is InChI=1S/C14H9N7O/c1-7-5-8(10-3-2-4-22-10)11-13(17-7)20-21-12(16)9(6-15)18-19-14(11)21/h2-5H,16H2,1H3. The van der Waals surface area contributed by atoms with E-state index in [1.54, 1.807) is 12.3 Å². The fraction of sp³-hybridized carbons (Fsp3) is 0.0714. The molecule has 0 saturated heterocycles. The molecule has 0 aliphatic carbocycles. The van der Waals surface area contributed by atoms with Crippen molar-refractivity contribution in [3.63, 3.8) is 0 Å². The van der Waals surface area contributed by atoms with Crippen molar-refractivity contribution in [3.05, 3.63) is 35.9 Å². The van der Waals surface area contributed by atoms with Gasteiger partial charge in [0, 0.05) is 11.3 Å². The molecule has 0 radical (unpaired) electrons. The van der Waals surface area contributed by atoms with Gasteiger partial charge in [-0.3, -0.25) is 0 Å². The zero-order valence-electron chi connectivity index (χ0n) is 11.5. The number of nitriles is 1. The Hall–Kier alpha value is -3.47. The molecule has 0 spiro atoms. The minimum atomic E-state index is 0.0246. The number of anilines is 1. The molecule has 4 aromatic rings. The molecule has 106 valence electrons. The van der Waals surface area contributed by atoms with Gasteiger partial charge in [0.2, 0.25) is 5.69 Å². The molecule has 8 nitrogen and oxygen atoms in total. The lowest BCUT2D eigenvalue weighted by molar-refractivity contribution is 0.583. The third-order valence-corrected chi connectivity index (χ3v) is 3.36. The molecule has 4 aromatic heterocycles. The molecule has 0 unspecified atom stereocenters. The molecule has 8 heteroatoms. The minimum absolute atomic E-state index is 0.0246. The number of furan rings is 1. The van der Waals surface area contributed by atoms with Crippen molar-refractivity contribution in [1.29, 1.82) is 5.26 Å². The summed E-state index contributed by atoms with van der Waals surface area (Å²) in [5, 5.41) is 21.9. The van der Waals surface area contributed by atoms with Gasteiger partial charge in [-0.05, 0) is 25.1 Å². The van der Waals surface area contributed by atoms with Crippen molar-refractivity contribution in [1.82, 2.24) is 24.8 Å². The molecule has 4 heterocycles. The lowest BCUT2D eigenvalue weighted by atomic mass is 10.1. The molecular formula is C14H9N7O. The lowest BCUT2D eigenvalue weighted by Gasteiger charge is -2.01.